The molecule has 0 saturated carbocycles. The lowest BCUT2D eigenvalue weighted by Gasteiger charge is -2.23. The minimum Gasteiger partial charge on any atom is -0.372 e. The number of terminal acetylenes is 1. The summed E-state index contributed by atoms with van der Waals surface area (Å²) >= 11 is 0. The maximum Gasteiger partial charge on any atom is 0.174 e. The van der Waals surface area contributed by atoms with Crippen LogP contribution in [0.4, 0.5) is 0 Å². The Bertz CT molecular complexity index is 192. The molecule has 0 amide bonds. The normalized spacial score (nSPS) is 39.1. The van der Waals surface area contributed by atoms with Gasteiger partial charge in [-0.15, -0.1) is 6.42 Å². The minimum atomic E-state index is -1.33. The van der Waals surface area contributed by atoms with Crippen LogP contribution in [0.25, 0.3) is 0 Å². The third-order valence-electron chi connectivity index (χ3n) is 1.26. The van der Waals surface area contributed by atoms with Gasteiger partial charge in [0.2, 0.25) is 0 Å². The van der Waals surface area contributed by atoms with E-state index in [-0.39, 0.29) is 6.61 Å². The third-order valence-corrected chi connectivity index (χ3v) is 1.26. The number of hydrogen-bond acceptors (Lipinski definition) is 3. The molecule has 0 radical (unpaired) electrons. The van der Waals surface area contributed by atoms with Crippen molar-refractivity contribution in [3.63, 3.8) is 0 Å². The number of aliphatic hydroxyl groups excluding tert-OH is 1. The lowest BCUT2D eigenvalue weighted by molar-refractivity contribution is -0.109. The van der Waals surface area contributed by atoms with Gasteiger partial charge in [-0.3, -0.25) is 0 Å². The van der Waals surface area contributed by atoms with Crippen LogP contribution in [0, 0.1) is 12.3 Å². The van der Waals surface area contributed by atoms with Crippen LogP contribution in [-0.4, -0.2) is 28.7 Å². The fraction of sp³-hybridized carbons (Fsp3) is 0.429. The number of ether oxygens (including phenoxy) is 1. The first-order chi connectivity index (χ1) is 4.66. The number of aliphatic hydroxyl groups is 2. The van der Waals surface area contributed by atoms with Crippen LogP contribution in [0.15, 0.2) is 12.2 Å². The van der Waals surface area contributed by atoms with Crippen LogP contribution < -0.4 is 0 Å². The van der Waals surface area contributed by atoms with Gasteiger partial charge >= 0.3 is 0 Å². The van der Waals surface area contributed by atoms with E-state index in [4.69, 9.17) is 11.5 Å². The summed E-state index contributed by atoms with van der Waals surface area (Å²) in [5, 5.41) is 18.0. The van der Waals surface area contributed by atoms with Crippen LogP contribution in [-0.2, 0) is 4.74 Å². The van der Waals surface area contributed by atoms with Crippen molar-refractivity contribution in [2.24, 2.45) is 0 Å². The predicted molar refractivity (Wildman–Crippen MR) is 34.9 cm³/mol. The van der Waals surface area contributed by atoms with Crippen molar-refractivity contribution in [2.45, 2.75) is 11.9 Å². The second kappa shape index (κ2) is 2.43. The second-order valence-corrected chi connectivity index (χ2v) is 2.13. The third kappa shape index (κ3) is 1.36. The van der Waals surface area contributed by atoms with E-state index in [0.717, 1.165) is 0 Å². The van der Waals surface area contributed by atoms with Crippen LogP contribution in [0.3, 0.4) is 0 Å². The highest BCUT2D eigenvalue weighted by molar-refractivity contribution is 5.21. The average molecular weight is 140 g/mol. The van der Waals surface area contributed by atoms with Gasteiger partial charge in [0.1, 0.15) is 0 Å². The highest BCUT2D eigenvalue weighted by atomic mass is 16.6. The topological polar surface area (TPSA) is 49.7 Å². The highest BCUT2D eigenvalue weighted by Crippen LogP contribution is 2.12. The quantitative estimate of drug-likeness (QED) is 0.344. The lowest BCUT2D eigenvalue weighted by atomic mass is 10.1. The van der Waals surface area contributed by atoms with Crippen molar-refractivity contribution in [2.75, 3.05) is 6.61 Å². The molecule has 0 aromatic carbocycles. The zero-order valence-electron chi connectivity index (χ0n) is 5.32. The first-order valence-corrected chi connectivity index (χ1v) is 2.85. The van der Waals surface area contributed by atoms with Crippen molar-refractivity contribution in [3.05, 3.63) is 12.2 Å². The fourth-order valence-electron chi connectivity index (χ4n) is 0.647. The van der Waals surface area contributed by atoms with E-state index >= 15 is 0 Å². The summed E-state index contributed by atoms with van der Waals surface area (Å²) < 4.78 is 4.66. The molecular formula is C7H8O3. The average Bonchev–Trinajstić information content (AvgIpc) is 1.96. The molecule has 0 spiro atoms. The zero-order chi connectivity index (χ0) is 7.61. The highest BCUT2D eigenvalue weighted by Gasteiger charge is 2.25. The Hall–Kier alpha value is -0.820. The first-order valence-electron chi connectivity index (χ1n) is 2.85. The molecule has 2 N–H and O–H groups in total. The fourth-order valence-corrected chi connectivity index (χ4v) is 0.647. The second-order valence-electron chi connectivity index (χ2n) is 2.13. The largest absolute Gasteiger partial charge is 0.372 e. The van der Waals surface area contributed by atoms with E-state index in [1.165, 1.54) is 12.2 Å². The molecule has 0 fully saturated rings. The zero-order valence-corrected chi connectivity index (χ0v) is 5.32. The number of rotatable bonds is 0. The Balaban J connectivity index is 2.71. The Morgan fingerprint density at radius 1 is 1.80 bits per heavy atom. The summed E-state index contributed by atoms with van der Waals surface area (Å²) in [6.07, 6.45) is 6.69. The van der Waals surface area contributed by atoms with Gasteiger partial charge in [-0.05, 0) is 12.2 Å². The maximum absolute atomic E-state index is 9.24. The summed E-state index contributed by atoms with van der Waals surface area (Å²) in [7, 11) is 0. The molecule has 0 aliphatic carbocycles. The molecule has 1 aliphatic rings. The lowest BCUT2D eigenvalue weighted by Crippen LogP contribution is -2.36. The van der Waals surface area contributed by atoms with Gasteiger partial charge < -0.3 is 14.9 Å². The molecule has 3 heteroatoms. The molecule has 0 bridgehead atoms. The van der Waals surface area contributed by atoms with Crippen LogP contribution in [0.2, 0.25) is 0 Å². The van der Waals surface area contributed by atoms with E-state index < -0.39 is 11.9 Å². The molecule has 3 nitrogen and oxygen atoms in total. The van der Waals surface area contributed by atoms with E-state index in [2.05, 4.69) is 10.7 Å². The van der Waals surface area contributed by atoms with Gasteiger partial charge in [-0.25, -0.2) is 0 Å². The summed E-state index contributed by atoms with van der Waals surface area (Å²) in [5.74, 6) is 2.13. The standard InChI is InChI=1S/C7H8O3/c1-2-7(9)4-3-6(8)10-5-7/h1,3-4,6,8-9H,5H2/t6-,7-/m0/s1. The SMILES string of the molecule is C#C[C@]1(O)C=C[C@@H](O)OC1. The van der Waals surface area contributed by atoms with Crippen molar-refractivity contribution in [3.8, 4) is 12.3 Å². The predicted octanol–water partition coefficient (Wildman–Crippen LogP) is -0.745. The smallest absolute Gasteiger partial charge is 0.174 e. The maximum atomic E-state index is 9.24. The Morgan fingerprint density at radius 3 is 2.90 bits per heavy atom. The first kappa shape index (κ1) is 7.29. The molecule has 1 rings (SSSR count). The van der Waals surface area contributed by atoms with Gasteiger partial charge in [-0.2, -0.15) is 0 Å². The van der Waals surface area contributed by atoms with Crippen LogP contribution in [0.5, 0.6) is 0 Å². The van der Waals surface area contributed by atoms with Crippen molar-refractivity contribution >= 4 is 0 Å². The summed E-state index contributed by atoms with van der Waals surface area (Å²) in [6, 6.07) is 0. The Labute approximate surface area is 58.9 Å². The van der Waals surface area contributed by atoms with Gasteiger partial charge in [-0.1, -0.05) is 5.92 Å². The summed E-state index contributed by atoms with van der Waals surface area (Å²) in [5.41, 5.74) is -1.33. The van der Waals surface area contributed by atoms with Crippen LogP contribution in [0.1, 0.15) is 0 Å². The molecule has 54 valence electrons. The van der Waals surface area contributed by atoms with Crippen LogP contribution >= 0.6 is 0 Å². The Kier molecular flexibility index (Phi) is 1.77. The number of hydrogen-bond donors (Lipinski definition) is 2. The van der Waals surface area contributed by atoms with E-state index in [1.54, 1.807) is 0 Å². The van der Waals surface area contributed by atoms with Gasteiger partial charge in [0.05, 0.1) is 6.61 Å². The van der Waals surface area contributed by atoms with Gasteiger partial charge in [0.15, 0.2) is 11.9 Å². The molecule has 10 heavy (non-hydrogen) atoms. The van der Waals surface area contributed by atoms with Crippen molar-refractivity contribution in [1.82, 2.24) is 0 Å². The molecule has 1 aliphatic heterocycles. The van der Waals surface area contributed by atoms with Crippen molar-refractivity contribution < 1.29 is 14.9 Å². The van der Waals surface area contributed by atoms with E-state index in [9.17, 15) is 5.11 Å². The summed E-state index contributed by atoms with van der Waals surface area (Å²) in [6.45, 7) is -0.0544. The van der Waals surface area contributed by atoms with E-state index in [0.29, 0.717) is 0 Å². The molecule has 2 atom stereocenters. The Morgan fingerprint density at radius 2 is 2.50 bits per heavy atom. The van der Waals surface area contributed by atoms with Gasteiger partial charge in [0, 0.05) is 0 Å². The molecule has 0 saturated heterocycles. The summed E-state index contributed by atoms with van der Waals surface area (Å²) in [4.78, 5) is 0. The van der Waals surface area contributed by atoms with E-state index in [1.807, 2.05) is 0 Å². The molecule has 0 unspecified atom stereocenters. The molecule has 0 aromatic rings. The monoisotopic (exact) mass is 140 g/mol. The molecule has 1 heterocycles. The van der Waals surface area contributed by atoms with Gasteiger partial charge in [0.25, 0.3) is 0 Å². The van der Waals surface area contributed by atoms with Crippen molar-refractivity contribution in [1.29, 1.82) is 0 Å². The molecule has 0 aromatic heterocycles. The molecular weight excluding hydrogens is 132 g/mol. The minimum absolute atomic E-state index is 0.0544.